The molecule has 34 heavy (non-hydrogen) atoms. The van der Waals surface area contributed by atoms with Gasteiger partial charge in [0.1, 0.15) is 5.82 Å². The van der Waals surface area contributed by atoms with Gasteiger partial charge in [-0.2, -0.15) is 0 Å². The van der Waals surface area contributed by atoms with Gasteiger partial charge in [-0.1, -0.05) is 94.4 Å². The van der Waals surface area contributed by atoms with Gasteiger partial charge in [-0.3, -0.25) is 4.57 Å². The third-order valence-corrected chi connectivity index (χ3v) is 6.69. The first-order chi connectivity index (χ1) is 16.5. The Morgan fingerprint density at radius 1 is 0.647 bits per heavy atom. The summed E-state index contributed by atoms with van der Waals surface area (Å²) in [6, 6.07) is 32.5. The van der Waals surface area contributed by atoms with E-state index in [0.717, 1.165) is 22.4 Å². The zero-order chi connectivity index (χ0) is 23.8. The first-order valence-corrected chi connectivity index (χ1v) is 12.2. The average molecular weight is 445 g/mol. The summed E-state index contributed by atoms with van der Waals surface area (Å²) in [6.45, 7) is 11.4. The molecule has 0 amide bonds. The van der Waals surface area contributed by atoms with Crippen molar-refractivity contribution in [3.63, 3.8) is 0 Å². The van der Waals surface area contributed by atoms with Crippen molar-refractivity contribution in [1.29, 1.82) is 0 Å². The second-order valence-corrected chi connectivity index (χ2v) is 9.75. The number of aromatic nitrogens is 2. The standard InChI is InChI=1S/C32H32N2/c1-21(2)27-19-25(26-16-10-9-13-23(26)5)20-28(22(3)4)31(27)34-30-18-12-11-17-29(30)33-32(34)24-14-7-6-8-15-24/h6-22H,1-5H3. The SMILES string of the molecule is Cc1ccccc1-c1cc(C(C)C)c(-n2c(-c3ccccc3)nc3ccccc32)c(C(C)C)c1. The van der Waals surface area contributed by atoms with Crippen molar-refractivity contribution in [3.05, 3.63) is 108 Å². The molecular formula is C32H32N2. The molecule has 170 valence electrons. The number of benzene rings is 4. The van der Waals surface area contributed by atoms with Crippen LogP contribution in [0.2, 0.25) is 0 Å². The Morgan fingerprint density at radius 3 is 1.88 bits per heavy atom. The monoisotopic (exact) mass is 444 g/mol. The van der Waals surface area contributed by atoms with Gasteiger partial charge in [0.15, 0.2) is 0 Å². The van der Waals surface area contributed by atoms with E-state index in [1.165, 1.54) is 33.5 Å². The van der Waals surface area contributed by atoms with E-state index in [9.17, 15) is 0 Å². The van der Waals surface area contributed by atoms with Crippen molar-refractivity contribution in [2.24, 2.45) is 0 Å². The Hall–Kier alpha value is -3.65. The molecule has 0 aliphatic heterocycles. The normalized spacial score (nSPS) is 11.6. The number of fused-ring (bicyclic) bond motifs is 1. The minimum atomic E-state index is 0.362. The Labute approximate surface area is 202 Å². The smallest absolute Gasteiger partial charge is 0.145 e. The largest absolute Gasteiger partial charge is 0.292 e. The molecule has 0 bridgehead atoms. The lowest BCUT2D eigenvalue weighted by atomic mass is 9.87. The molecule has 1 heterocycles. The zero-order valence-electron chi connectivity index (χ0n) is 20.7. The Bertz CT molecular complexity index is 1430. The van der Waals surface area contributed by atoms with E-state index in [-0.39, 0.29) is 0 Å². The molecule has 2 heteroatoms. The van der Waals surface area contributed by atoms with E-state index >= 15 is 0 Å². The summed E-state index contributed by atoms with van der Waals surface area (Å²) in [4.78, 5) is 5.12. The molecule has 0 radical (unpaired) electrons. The van der Waals surface area contributed by atoms with Gasteiger partial charge in [0.25, 0.3) is 0 Å². The number of rotatable bonds is 5. The molecule has 2 nitrogen and oxygen atoms in total. The molecule has 0 saturated carbocycles. The van der Waals surface area contributed by atoms with E-state index in [1.807, 2.05) is 0 Å². The highest BCUT2D eigenvalue weighted by Gasteiger charge is 2.23. The molecule has 0 unspecified atom stereocenters. The van der Waals surface area contributed by atoms with Crippen molar-refractivity contribution in [2.75, 3.05) is 0 Å². The van der Waals surface area contributed by atoms with Crippen LogP contribution >= 0.6 is 0 Å². The molecule has 0 atom stereocenters. The van der Waals surface area contributed by atoms with Crippen LogP contribution in [0.1, 0.15) is 56.2 Å². The van der Waals surface area contributed by atoms with Crippen LogP contribution in [0.4, 0.5) is 0 Å². The number of nitrogens with zero attached hydrogens (tertiary/aromatic N) is 2. The molecule has 0 aliphatic carbocycles. The Kier molecular flexibility index (Phi) is 5.83. The van der Waals surface area contributed by atoms with E-state index < -0.39 is 0 Å². The van der Waals surface area contributed by atoms with Crippen molar-refractivity contribution in [2.45, 2.75) is 46.5 Å². The Balaban J connectivity index is 1.89. The predicted octanol–water partition coefficient (Wildman–Crippen LogP) is 8.91. The van der Waals surface area contributed by atoms with Gasteiger partial charge in [-0.25, -0.2) is 4.98 Å². The van der Waals surface area contributed by atoms with Gasteiger partial charge in [-0.15, -0.1) is 0 Å². The van der Waals surface area contributed by atoms with Gasteiger partial charge in [0.2, 0.25) is 0 Å². The van der Waals surface area contributed by atoms with Crippen LogP contribution in [0.5, 0.6) is 0 Å². The molecular weight excluding hydrogens is 412 g/mol. The molecule has 4 aromatic carbocycles. The maximum Gasteiger partial charge on any atom is 0.145 e. The van der Waals surface area contributed by atoms with Gasteiger partial charge in [0, 0.05) is 5.56 Å². The second kappa shape index (κ2) is 8.95. The lowest BCUT2D eigenvalue weighted by molar-refractivity contribution is 0.811. The van der Waals surface area contributed by atoms with E-state index in [4.69, 9.17) is 4.98 Å². The molecule has 0 spiro atoms. The lowest BCUT2D eigenvalue weighted by Gasteiger charge is -2.24. The summed E-state index contributed by atoms with van der Waals surface area (Å²) < 4.78 is 2.40. The summed E-state index contributed by atoms with van der Waals surface area (Å²) in [6.07, 6.45) is 0. The van der Waals surface area contributed by atoms with Crippen LogP contribution in [0.25, 0.3) is 39.2 Å². The first-order valence-electron chi connectivity index (χ1n) is 12.2. The van der Waals surface area contributed by atoms with Crippen LogP contribution in [-0.2, 0) is 0 Å². The van der Waals surface area contributed by atoms with E-state index in [2.05, 4.69) is 130 Å². The number of imidazole rings is 1. The zero-order valence-corrected chi connectivity index (χ0v) is 20.7. The van der Waals surface area contributed by atoms with E-state index in [0.29, 0.717) is 11.8 Å². The number of aryl methyl sites for hydroxylation is 1. The topological polar surface area (TPSA) is 17.8 Å². The van der Waals surface area contributed by atoms with Crippen molar-refractivity contribution < 1.29 is 0 Å². The quantitative estimate of drug-likeness (QED) is 0.264. The fourth-order valence-corrected chi connectivity index (χ4v) is 4.90. The third-order valence-electron chi connectivity index (χ3n) is 6.69. The Morgan fingerprint density at radius 2 is 1.24 bits per heavy atom. The highest BCUT2D eigenvalue weighted by atomic mass is 15.1. The van der Waals surface area contributed by atoms with Crippen LogP contribution in [-0.4, -0.2) is 9.55 Å². The second-order valence-electron chi connectivity index (χ2n) is 9.75. The average Bonchev–Trinajstić information content (AvgIpc) is 3.23. The molecule has 0 saturated heterocycles. The molecule has 0 aliphatic rings. The summed E-state index contributed by atoms with van der Waals surface area (Å²) in [7, 11) is 0. The molecule has 0 fully saturated rings. The van der Waals surface area contributed by atoms with Crippen LogP contribution in [0.3, 0.4) is 0 Å². The molecule has 5 aromatic rings. The van der Waals surface area contributed by atoms with Crippen molar-refractivity contribution in [1.82, 2.24) is 9.55 Å². The molecule has 1 aromatic heterocycles. The fourth-order valence-electron chi connectivity index (χ4n) is 4.90. The van der Waals surface area contributed by atoms with Gasteiger partial charge >= 0.3 is 0 Å². The van der Waals surface area contributed by atoms with Gasteiger partial charge in [-0.05, 0) is 70.8 Å². The van der Waals surface area contributed by atoms with Crippen molar-refractivity contribution in [3.8, 4) is 28.2 Å². The molecule has 0 N–H and O–H groups in total. The highest BCUT2D eigenvalue weighted by Crippen LogP contribution is 2.40. The van der Waals surface area contributed by atoms with Crippen LogP contribution in [0, 0.1) is 6.92 Å². The summed E-state index contributed by atoms with van der Waals surface area (Å²) in [5.74, 6) is 1.72. The number of para-hydroxylation sites is 2. The van der Waals surface area contributed by atoms with Crippen LogP contribution in [0.15, 0.2) is 91.0 Å². The number of hydrogen-bond acceptors (Lipinski definition) is 1. The maximum atomic E-state index is 5.12. The highest BCUT2D eigenvalue weighted by molar-refractivity contribution is 5.85. The minimum absolute atomic E-state index is 0.362. The summed E-state index contributed by atoms with van der Waals surface area (Å²) in [5, 5.41) is 0. The summed E-state index contributed by atoms with van der Waals surface area (Å²) in [5.41, 5.74) is 11.2. The lowest BCUT2D eigenvalue weighted by Crippen LogP contribution is -2.09. The fraction of sp³-hybridized carbons (Fsp3) is 0.219. The predicted molar refractivity (Wildman–Crippen MR) is 145 cm³/mol. The number of hydrogen-bond donors (Lipinski definition) is 0. The molecule has 5 rings (SSSR count). The van der Waals surface area contributed by atoms with Gasteiger partial charge < -0.3 is 0 Å². The summed E-state index contributed by atoms with van der Waals surface area (Å²) >= 11 is 0. The van der Waals surface area contributed by atoms with E-state index in [1.54, 1.807) is 0 Å². The minimum Gasteiger partial charge on any atom is -0.292 e. The first kappa shape index (κ1) is 22.2. The van der Waals surface area contributed by atoms with Gasteiger partial charge in [0.05, 0.1) is 16.7 Å². The van der Waals surface area contributed by atoms with Crippen molar-refractivity contribution >= 4 is 11.0 Å². The van der Waals surface area contributed by atoms with Crippen LogP contribution < -0.4 is 0 Å². The maximum absolute atomic E-state index is 5.12. The third kappa shape index (κ3) is 3.84.